The first kappa shape index (κ1) is 30.8. The Kier molecular flexibility index (Phi) is 9.14. The molecule has 12 heteroatoms. The molecule has 1 saturated carbocycles. The monoisotopic (exact) mass is 656 g/mol. The number of rotatable bonds is 10. The van der Waals surface area contributed by atoms with Crippen molar-refractivity contribution in [3.63, 3.8) is 0 Å². The summed E-state index contributed by atoms with van der Waals surface area (Å²) in [5, 5.41) is 13.4. The number of amides is 2. The number of aliphatic carboxylic acids is 1. The Labute approximate surface area is 270 Å². The highest BCUT2D eigenvalue weighted by atomic mass is 35.5. The average molecular weight is 658 g/mol. The van der Waals surface area contributed by atoms with Crippen molar-refractivity contribution < 1.29 is 24.2 Å². The lowest BCUT2D eigenvalue weighted by Gasteiger charge is -2.32. The molecule has 3 aromatic rings. The number of halogens is 2. The first-order valence-corrected chi connectivity index (χ1v) is 16.5. The number of carbonyl (C=O) groups is 3. The quantitative estimate of drug-likeness (QED) is 0.257. The number of aryl methyl sites for hydroxylation is 1. The number of nitrogens with one attached hydrogen (secondary N) is 1. The first-order valence-electron chi connectivity index (χ1n) is 14.8. The number of carbonyl (C=O) groups excluding carboxylic acids is 2. The molecule has 2 amide bonds. The highest BCUT2D eigenvalue weighted by molar-refractivity contribution is 8.03. The fraction of sp³-hybridized carbons (Fsp3) is 0.406. The van der Waals surface area contributed by atoms with Gasteiger partial charge < -0.3 is 29.5 Å². The molecule has 1 aliphatic carbocycles. The molecule has 3 heterocycles. The Morgan fingerprint density at radius 3 is 2.66 bits per heavy atom. The lowest BCUT2D eigenvalue weighted by Crippen LogP contribution is -2.45. The minimum Gasteiger partial charge on any atom is -0.481 e. The summed E-state index contributed by atoms with van der Waals surface area (Å²) in [7, 11) is 1.89. The van der Waals surface area contributed by atoms with Gasteiger partial charge in [0, 0.05) is 59.7 Å². The van der Waals surface area contributed by atoms with Crippen molar-refractivity contribution in [1.29, 1.82) is 0 Å². The maximum atomic E-state index is 13.8. The van der Waals surface area contributed by atoms with Crippen LogP contribution in [0.1, 0.15) is 54.4 Å². The number of ether oxygens (including phenoxy) is 1. The Balaban J connectivity index is 1.16. The predicted molar refractivity (Wildman–Crippen MR) is 173 cm³/mol. The summed E-state index contributed by atoms with van der Waals surface area (Å²) in [5.41, 5.74) is 2.40. The second kappa shape index (κ2) is 13.0. The third-order valence-electron chi connectivity index (χ3n) is 8.54. The molecule has 0 spiro atoms. The van der Waals surface area contributed by atoms with Crippen LogP contribution in [-0.2, 0) is 27.8 Å². The second-order valence-corrected chi connectivity index (χ2v) is 13.5. The number of aromatic nitrogens is 1. The van der Waals surface area contributed by atoms with Crippen LogP contribution in [0.5, 0.6) is 0 Å². The number of benzene rings is 2. The molecule has 2 fully saturated rings. The van der Waals surface area contributed by atoms with Crippen LogP contribution < -0.4 is 5.32 Å². The van der Waals surface area contributed by atoms with Gasteiger partial charge in [0.2, 0.25) is 5.91 Å². The molecule has 1 aromatic heterocycles. The van der Waals surface area contributed by atoms with E-state index >= 15 is 0 Å². The molecular formula is C32H34Cl2N4O5S. The molecule has 0 radical (unpaired) electrons. The van der Waals surface area contributed by atoms with E-state index in [0.717, 1.165) is 28.6 Å². The molecule has 2 atom stereocenters. The molecule has 232 valence electrons. The minimum atomic E-state index is -0.828. The summed E-state index contributed by atoms with van der Waals surface area (Å²) in [5.74, 6) is -0.582. The van der Waals surface area contributed by atoms with Crippen molar-refractivity contribution in [3.05, 3.63) is 74.9 Å². The average Bonchev–Trinajstić information content (AvgIpc) is 3.70. The van der Waals surface area contributed by atoms with Gasteiger partial charge in [-0.2, -0.15) is 0 Å². The van der Waals surface area contributed by atoms with Crippen molar-refractivity contribution in [2.75, 3.05) is 17.7 Å². The van der Waals surface area contributed by atoms with Gasteiger partial charge in [-0.3, -0.25) is 14.4 Å². The largest absolute Gasteiger partial charge is 0.481 e. The van der Waals surface area contributed by atoms with E-state index < -0.39 is 5.97 Å². The van der Waals surface area contributed by atoms with Crippen LogP contribution in [0.3, 0.4) is 0 Å². The normalized spacial score (nSPS) is 20.2. The zero-order valence-electron chi connectivity index (χ0n) is 24.3. The van der Waals surface area contributed by atoms with E-state index in [4.69, 9.17) is 33.0 Å². The maximum absolute atomic E-state index is 13.8. The van der Waals surface area contributed by atoms with Crippen LogP contribution >= 0.6 is 35.0 Å². The number of para-hydroxylation sites is 1. The van der Waals surface area contributed by atoms with Crippen LogP contribution in [0.15, 0.2) is 53.7 Å². The highest BCUT2D eigenvalue weighted by Gasteiger charge is 2.41. The first-order chi connectivity index (χ1) is 21.2. The number of carboxylic acid groups (broad SMARTS) is 1. The topological polar surface area (TPSA) is 104 Å². The zero-order valence-corrected chi connectivity index (χ0v) is 26.6. The van der Waals surface area contributed by atoms with Crippen molar-refractivity contribution >= 4 is 69.3 Å². The van der Waals surface area contributed by atoms with E-state index in [2.05, 4.69) is 10.2 Å². The fourth-order valence-electron chi connectivity index (χ4n) is 5.99. The standard InChI is InChI=1S/C32H34Cl2N4O5S/c1-36-17-24(23-7-2-3-8-28(23)36)32(42)35-27-14-25(33)19(11-26(27)34)12-30(39)38-15-21(43-20-5-4-6-20)13-29(38)37-16-22(44-18-37)9-10-31(40)41/h2-3,7-8,11,14,16-17,20-21,29H,4-6,9-10,12-13,15,18H2,1H3,(H,35,42)(H,40,41)/t21-,29?/m0/s1. The number of hydrogen-bond donors (Lipinski definition) is 2. The number of carboxylic acids is 1. The summed E-state index contributed by atoms with van der Waals surface area (Å²) in [6.45, 7) is 0.476. The Morgan fingerprint density at radius 2 is 1.91 bits per heavy atom. The number of nitrogens with zero attached hydrogens (tertiary/aromatic N) is 3. The molecule has 0 bridgehead atoms. The highest BCUT2D eigenvalue weighted by Crippen LogP contribution is 2.37. The number of likely N-dealkylation sites (tertiary alicyclic amines) is 1. The Hall–Kier alpha value is -3.18. The number of fused-ring (bicyclic) bond motifs is 1. The van der Waals surface area contributed by atoms with Crippen molar-refractivity contribution in [3.8, 4) is 0 Å². The second-order valence-electron chi connectivity index (χ2n) is 11.6. The van der Waals surface area contributed by atoms with Crippen molar-refractivity contribution in [1.82, 2.24) is 14.4 Å². The van der Waals surface area contributed by atoms with Crippen molar-refractivity contribution in [2.45, 2.75) is 63.3 Å². The van der Waals surface area contributed by atoms with Gasteiger partial charge in [-0.05, 0) is 49.4 Å². The van der Waals surface area contributed by atoms with Gasteiger partial charge in [-0.1, -0.05) is 41.4 Å². The van der Waals surface area contributed by atoms with Gasteiger partial charge in [0.15, 0.2) is 0 Å². The molecule has 2 aromatic carbocycles. The molecule has 44 heavy (non-hydrogen) atoms. The van der Waals surface area contributed by atoms with Gasteiger partial charge in [0.05, 0.1) is 40.8 Å². The summed E-state index contributed by atoms with van der Waals surface area (Å²) in [4.78, 5) is 43.0. The smallest absolute Gasteiger partial charge is 0.303 e. The minimum absolute atomic E-state index is 0.0410. The van der Waals surface area contributed by atoms with Gasteiger partial charge >= 0.3 is 5.97 Å². The molecule has 6 rings (SSSR count). The SMILES string of the molecule is Cn1cc(C(=O)Nc2cc(Cl)c(CC(=O)N3C[C@@H](OC4CCC4)CC3N3C=C(CCC(=O)O)SC3)cc2Cl)c2ccccc21. The fourth-order valence-corrected chi connectivity index (χ4v) is 7.47. The molecular weight excluding hydrogens is 623 g/mol. The number of anilines is 1. The maximum Gasteiger partial charge on any atom is 0.303 e. The number of thioether (sulfide) groups is 1. The molecule has 9 nitrogen and oxygen atoms in total. The van der Waals surface area contributed by atoms with E-state index in [0.29, 0.717) is 47.1 Å². The van der Waals surface area contributed by atoms with E-state index in [1.165, 1.54) is 6.42 Å². The molecule has 3 aliphatic rings. The van der Waals surface area contributed by atoms with Gasteiger partial charge in [-0.15, -0.1) is 11.8 Å². The van der Waals surface area contributed by atoms with E-state index in [-0.39, 0.29) is 48.1 Å². The number of hydrogen-bond acceptors (Lipinski definition) is 6. The van der Waals surface area contributed by atoms with Crippen LogP contribution in [0.2, 0.25) is 10.0 Å². The van der Waals surface area contributed by atoms with Gasteiger partial charge in [-0.25, -0.2) is 0 Å². The Bertz CT molecular complexity index is 1640. The van der Waals surface area contributed by atoms with E-state index in [1.807, 2.05) is 47.0 Å². The molecule has 2 aliphatic heterocycles. The lowest BCUT2D eigenvalue weighted by atomic mass is 9.96. The van der Waals surface area contributed by atoms with E-state index in [1.54, 1.807) is 30.1 Å². The molecule has 1 unspecified atom stereocenters. The van der Waals surface area contributed by atoms with Crippen LogP contribution in [0, 0.1) is 0 Å². The third-order valence-corrected chi connectivity index (χ3v) is 10.3. The predicted octanol–water partition coefficient (Wildman–Crippen LogP) is 6.49. The summed E-state index contributed by atoms with van der Waals surface area (Å²) in [6.07, 6.45) is 8.27. The van der Waals surface area contributed by atoms with E-state index in [9.17, 15) is 14.4 Å². The van der Waals surface area contributed by atoms with Gasteiger partial charge in [0.1, 0.15) is 6.17 Å². The van der Waals surface area contributed by atoms with Crippen LogP contribution in [0.4, 0.5) is 5.69 Å². The molecule has 2 N–H and O–H groups in total. The lowest BCUT2D eigenvalue weighted by molar-refractivity contribution is -0.137. The molecule has 1 saturated heterocycles. The summed E-state index contributed by atoms with van der Waals surface area (Å²) in [6, 6.07) is 10.9. The number of allylic oxidation sites excluding steroid dienone is 1. The third kappa shape index (κ3) is 6.59. The summed E-state index contributed by atoms with van der Waals surface area (Å²) >= 11 is 14.9. The van der Waals surface area contributed by atoms with Crippen LogP contribution in [0.25, 0.3) is 10.9 Å². The van der Waals surface area contributed by atoms with Crippen molar-refractivity contribution in [2.24, 2.45) is 7.05 Å². The Morgan fingerprint density at radius 1 is 1.11 bits per heavy atom. The summed E-state index contributed by atoms with van der Waals surface area (Å²) < 4.78 is 8.22. The zero-order chi connectivity index (χ0) is 31.0. The van der Waals surface area contributed by atoms with Gasteiger partial charge in [0.25, 0.3) is 5.91 Å². The van der Waals surface area contributed by atoms with Crippen LogP contribution in [-0.4, -0.2) is 68.1 Å².